The minimum absolute atomic E-state index is 0.178. The predicted octanol–water partition coefficient (Wildman–Crippen LogP) is 3.87. The van der Waals surface area contributed by atoms with Gasteiger partial charge in [0.25, 0.3) is 0 Å². The Morgan fingerprint density at radius 2 is 2.19 bits per heavy atom. The first-order valence-electron chi connectivity index (χ1n) is 5.55. The lowest BCUT2D eigenvalue weighted by atomic mass is 10.1. The highest BCUT2D eigenvalue weighted by Gasteiger charge is 2.31. The number of thiophene rings is 1. The molecule has 16 heavy (non-hydrogen) atoms. The Hall–Kier alpha value is 0.0700. The van der Waals surface area contributed by atoms with Gasteiger partial charge < -0.3 is 0 Å². The molecule has 0 aromatic carbocycles. The van der Waals surface area contributed by atoms with Crippen LogP contribution in [-0.2, 0) is 0 Å². The summed E-state index contributed by atoms with van der Waals surface area (Å²) < 4.78 is 0. The highest BCUT2D eigenvalue weighted by molar-refractivity contribution is 8.07. The Morgan fingerprint density at radius 3 is 2.81 bits per heavy atom. The van der Waals surface area contributed by atoms with Crippen LogP contribution in [0.4, 0.5) is 0 Å². The highest BCUT2D eigenvalue weighted by atomic mass is 32.2. The van der Waals surface area contributed by atoms with E-state index < -0.39 is 0 Å². The van der Waals surface area contributed by atoms with Crippen LogP contribution in [0.3, 0.4) is 0 Å². The van der Waals surface area contributed by atoms with Crippen LogP contribution in [0.15, 0.2) is 11.4 Å². The van der Waals surface area contributed by atoms with E-state index in [9.17, 15) is 4.79 Å². The highest BCUT2D eigenvalue weighted by Crippen LogP contribution is 2.35. The van der Waals surface area contributed by atoms with Crippen molar-refractivity contribution in [3.8, 4) is 0 Å². The van der Waals surface area contributed by atoms with Gasteiger partial charge in [-0.1, -0.05) is 6.92 Å². The molecule has 1 aromatic heterocycles. The Kier molecular flexibility index (Phi) is 4.39. The predicted molar refractivity (Wildman–Crippen MR) is 76.2 cm³/mol. The van der Waals surface area contributed by atoms with Gasteiger partial charge in [-0.2, -0.15) is 11.8 Å². The van der Waals surface area contributed by atoms with Gasteiger partial charge in [0.15, 0.2) is 5.78 Å². The van der Waals surface area contributed by atoms with Gasteiger partial charge in [-0.05, 0) is 19.4 Å². The topological polar surface area (TPSA) is 17.1 Å². The van der Waals surface area contributed by atoms with Crippen molar-refractivity contribution < 1.29 is 4.79 Å². The minimum atomic E-state index is 0.178. The van der Waals surface area contributed by atoms with Crippen molar-refractivity contribution in [1.82, 2.24) is 0 Å². The van der Waals surface area contributed by atoms with Gasteiger partial charge in [0.2, 0.25) is 0 Å². The molecule has 1 aliphatic rings. The zero-order valence-electron chi connectivity index (χ0n) is 9.56. The molecule has 1 aromatic rings. The summed E-state index contributed by atoms with van der Waals surface area (Å²) in [5, 5.41) is 2.69. The average Bonchev–Trinajstić information content (AvgIpc) is 2.75. The zero-order chi connectivity index (χ0) is 11.5. The van der Waals surface area contributed by atoms with Gasteiger partial charge in [-0.3, -0.25) is 4.79 Å². The van der Waals surface area contributed by atoms with E-state index in [0.29, 0.717) is 11.0 Å². The molecule has 0 N–H and O–H groups in total. The summed E-state index contributed by atoms with van der Waals surface area (Å²) in [6.07, 6.45) is 1.09. The molecule has 0 saturated carbocycles. The summed E-state index contributed by atoms with van der Waals surface area (Å²) in [4.78, 5) is 13.6. The number of carbonyl (C=O) groups is 1. The third kappa shape index (κ3) is 2.66. The molecule has 88 valence electrons. The maximum Gasteiger partial charge on any atom is 0.177 e. The van der Waals surface area contributed by atoms with E-state index in [-0.39, 0.29) is 5.25 Å². The SMILES string of the molecule is CCC1SCCSC1C(=O)c1csc(C)c1. The quantitative estimate of drug-likeness (QED) is 0.778. The fraction of sp³-hybridized carbons (Fsp3) is 0.583. The fourth-order valence-electron chi connectivity index (χ4n) is 1.88. The van der Waals surface area contributed by atoms with E-state index in [1.54, 1.807) is 11.3 Å². The third-order valence-electron chi connectivity index (χ3n) is 2.73. The minimum Gasteiger partial charge on any atom is -0.293 e. The maximum absolute atomic E-state index is 12.4. The Morgan fingerprint density at radius 1 is 1.44 bits per heavy atom. The molecule has 2 unspecified atom stereocenters. The van der Waals surface area contributed by atoms with Crippen LogP contribution in [0.2, 0.25) is 0 Å². The lowest BCUT2D eigenvalue weighted by Crippen LogP contribution is -2.32. The molecule has 1 saturated heterocycles. The molecule has 1 aliphatic heterocycles. The van der Waals surface area contributed by atoms with Crippen LogP contribution < -0.4 is 0 Å². The first-order chi connectivity index (χ1) is 7.72. The van der Waals surface area contributed by atoms with Crippen molar-refractivity contribution >= 4 is 40.6 Å². The number of ketones is 1. The fourth-order valence-corrected chi connectivity index (χ4v) is 5.60. The number of hydrogen-bond donors (Lipinski definition) is 0. The molecule has 0 bridgehead atoms. The van der Waals surface area contributed by atoms with E-state index in [1.165, 1.54) is 10.6 Å². The normalized spacial score (nSPS) is 25.6. The first kappa shape index (κ1) is 12.5. The lowest BCUT2D eigenvalue weighted by Gasteiger charge is -2.28. The van der Waals surface area contributed by atoms with Crippen molar-refractivity contribution in [2.75, 3.05) is 11.5 Å². The molecular formula is C12H16OS3. The van der Waals surface area contributed by atoms with Crippen LogP contribution in [0.25, 0.3) is 0 Å². The second kappa shape index (κ2) is 5.61. The summed E-state index contributed by atoms with van der Waals surface area (Å²) in [7, 11) is 0. The molecule has 0 spiro atoms. The number of rotatable bonds is 3. The van der Waals surface area contributed by atoms with Gasteiger partial charge in [0.1, 0.15) is 0 Å². The van der Waals surface area contributed by atoms with Crippen LogP contribution in [0.1, 0.15) is 28.6 Å². The second-order valence-corrected chi connectivity index (χ2v) is 7.63. The Bertz CT molecular complexity index is 372. The molecule has 0 radical (unpaired) electrons. The summed E-state index contributed by atoms with van der Waals surface area (Å²) in [5.74, 6) is 2.64. The van der Waals surface area contributed by atoms with Gasteiger partial charge in [-0.25, -0.2) is 0 Å². The molecular weight excluding hydrogens is 256 g/mol. The van der Waals surface area contributed by atoms with E-state index in [4.69, 9.17) is 0 Å². The lowest BCUT2D eigenvalue weighted by molar-refractivity contribution is 0.0988. The van der Waals surface area contributed by atoms with Crippen molar-refractivity contribution in [2.45, 2.75) is 30.8 Å². The number of carbonyl (C=O) groups excluding carboxylic acids is 1. The van der Waals surface area contributed by atoms with E-state index in [1.807, 2.05) is 35.0 Å². The summed E-state index contributed by atoms with van der Waals surface area (Å²) in [6.45, 7) is 4.24. The van der Waals surface area contributed by atoms with Gasteiger partial charge in [0, 0.05) is 32.6 Å². The summed E-state index contributed by atoms with van der Waals surface area (Å²) >= 11 is 5.47. The summed E-state index contributed by atoms with van der Waals surface area (Å²) in [6, 6.07) is 2.03. The number of hydrogen-bond acceptors (Lipinski definition) is 4. The van der Waals surface area contributed by atoms with E-state index >= 15 is 0 Å². The smallest absolute Gasteiger partial charge is 0.177 e. The van der Waals surface area contributed by atoms with Crippen LogP contribution in [-0.4, -0.2) is 27.8 Å². The molecule has 0 aliphatic carbocycles. The van der Waals surface area contributed by atoms with E-state index in [2.05, 4.69) is 13.8 Å². The van der Waals surface area contributed by atoms with Crippen molar-refractivity contribution in [2.24, 2.45) is 0 Å². The van der Waals surface area contributed by atoms with Crippen LogP contribution in [0.5, 0.6) is 0 Å². The standard InChI is InChI=1S/C12H16OS3/c1-3-10-12(15-5-4-14-10)11(13)9-6-8(2)16-7-9/h6-7,10,12H,3-5H2,1-2H3. The molecule has 2 atom stereocenters. The Labute approximate surface area is 109 Å². The zero-order valence-corrected chi connectivity index (χ0v) is 12.0. The monoisotopic (exact) mass is 272 g/mol. The summed E-state index contributed by atoms with van der Waals surface area (Å²) in [5.41, 5.74) is 0.918. The van der Waals surface area contributed by atoms with Crippen LogP contribution >= 0.6 is 34.9 Å². The van der Waals surface area contributed by atoms with Gasteiger partial charge >= 0.3 is 0 Å². The number of thioether (sulfide) groups is 2. The van der Waals surface area contributed by atoms with E-state index in [0.717, 1.165) is 17.7 Å². The average molecular weight is 272 g/mol. The van der Waals surface area contributed by atoms with Crippen molar-refractivity contribution in [3.05, 3.63) is 21.9 Å². The first-order valence-corrected chi connectivity index (χ1v) is 8.52. The molecule has 1 nitrogen and oxygen atoms in total. The van der Waals surface area contributed by atoms with Gasteiger partial charge in [-0.15, -0.1) is 23.1 Å². The maximum atomic E-state index is 12.4. The van der Waals surface area contributed by atoms with Crippen molar-refractivity contribution in [3.63, 3.8) is 0 Å². The molecule has 4 heteroatoms. The Balaban J connectivity index is 2.13. The molecule has 0 amide bonds. The molecule has 1 fully saturated rings. The van der Waals surface area contributed by atoms with Crippen molar-refractivity contribution in [1.29, 1.82) is 0 Å². The van der Waals surface area contributed by atoms with Crippen LogP contribution in [0, 0.1) is 6.92 Å². The largest absolute Gasteiger partial charge is 0.293 e. The van der Waals surface area contributed by atoms with Gasteiger partial charge in [0.05, 0.1) is 5.25 Å². The number of Topliss-reactive ketones (excluding diaryl/α,β-unsaturated/α-hetero) is 1. The molecule has 2 rings (SSSR count). The second-order valence-electron chi connectivity index (χ2n) is 3.92. The third-order valence-corrected chi connectivity index (χ3v) is 6.83. The number of aryl methyl sites for hydroxylation is 1. The molecule has 2 heterocycles.